The predicted octanol–water partition coefficient (Wildman–Crippen LogP) is -0.355. The highest BCUT2D eigenvalue weighted by Gasteiger charge is 2.54. The second-order valence-electron chi connectivity index (χ2n) is 3.28. The van der Waals surface area contributed by atoms with Gasteiger partial charge in [0.1, 0.15) is 0 Å². The van der Waals surface area contributed by atoms with Gasteiger partial charge in [-0.25, -0.2) is 0 Å². The van der Waals surface area contributed by atoms with E-state index >= 15 is 0 Å². The minimum Gasteiger partial charge on any atom is -0.396 e. The summed E-state index contributed by atoms with van der Waals surface area (Å²) in [5.74, 6) is 0. The molecule has 0 bridgehead atoms. The fourth-order valence-electron chi connectivity index (χ4n) is 1.11. The molecule has 3 nitrogen and oxygen atoms in total. The SMILES string of the molecule is C[C@](O)(CCO)C1(O)CC1. The Morgan fingerprint density at radius 1 is 1.50 bits per heavy atom. The summed E-state index contributed by atoms with van der Waals surface area (Å²) >= 11 is 0. The molecule has 3 heteroatoms. The van der Waals surface area contributed by atoms with Crippen LogP contribution in [0.25, 0.3) is 0 Å². The summed E-state index contributed by atoms with van der Waals surface area (Å²) in [5, 5.41) is 27.5. The zero-order chi connectivity index (χ0) is 7.83. The molecule has 1 fully saturated rings. The van der Waals surface area contributed by atoms with Gasteiger partial charge < -0.3 is 15.3 Å². The fraction of sp³-hybridized carbons (Fsp3) is 1.00. The van der Waals surface area contributed by atoms with E-state index in [0.29, 0.717) is 12.8 Å². The van der Waals surface area contributed by atoms with Gasteiger partial charge in [0.25, 0.3) is 0 Å². The number of rotatable bonds is 3. The average Bonchev–Trinajstić information content (AvgIpc) is 2.49. The third-order valence-electron chi connectivity index (χ3n) is 2.32. The summed E-state index contributed by atoms with van der Waals surface area (Å²) in [7, 11) is 0. The Hall–Kier alpha value is -0.120. The zero-order valence-electron chi connectivity index (χ0n) is 6.17. The smallest absolute Gasteiger partial charge is 0.0933 e. The van der Waals surface area contributed by atoms with Gasteiger partial charge in [0.15, 0.2) is 0 Å². The lowest BCUT2D eigenvalue weighted by Crippen LogP contribution is -2.42. The molecule has 0 aliphatic heterocycles. The van der Waals surface area contributed by atoms with Crippen molar-refractivity contribution >= 4 is 0 Å². The first kappa shape index (κ1) is 7.98. The van der Waals surface area contributed by atoms with Crippen LogP contribution in [0.1, 0.15) is 26.2 Å². The summed E-state index contributed by atoms with van der Waals surface area (Å²) in [6.07, 6.45) is 1.56. The van der Waals surface area contributed by atoms with E-state index in [4.69, 9.17) is 5.11 Å². The van der Waals surface area contributed by atoms with Gasteiger partial charge in [-0.2, -0.15) is 0 Å². The van der Waals surface area contributed by atoms with Crippen LogP contribution < -0.4 is 0 Å². The maximum atomic E-state index is 9.50. The van der Waals surface area contributed by atoms with Gasteiger partial charge in [0.05, 0.1) is 11.2 Å². The molecule has 0 amide bonds. The van der Waals surface area contributed by atoms with Crippen LogP contribution in [0.3, 0.4) is 0 Å². The van der Waals surface area contributed by atoms with Crippen LogP contribution in [0, 0.1) is 0 Å². The Labute approximate surface area is 60.3 Å². The van der Waals surface area contributed by atoms with Gasteiger partial charge in [0.2, 0.25) is 0 Å². The zero-order valence-corrected chi connectivity index (χ0v) is 6.17. The van der Waals surface area contributed by atoms with Crippen LogP contribution in [0.2, 0.25) is 0 Å². The van der Waals surface area contributed by atoms with Crippen molar-refractivity contribution < 1.29 is 15.3 Å². The molecule has 0 aromatic heterocycles. The maximum Gasteiger partial charge on any atom is 0.0933 e. The minimum absolute atomic E-state index is 0.0741. The summed E-state index contributed by atoms with van der Waals surface area (Å²) in [6.45, 7) is 1.49. The maximum absolute atomic E-state index is 9.50. The molecule has 1 aliphatic carbocycles. The minimum atomic E-state index is -1.10. The Bertz CT molecular complexity index is 127. The van der Waals surface area contributed by atoms with E-state index in [1.54, 1.807) is 6.92 Å². The van der Waals surface area contributed by atoms with Crippen molar-refractivity contribution in [1.29, 1.82) is 0 Å². The third-order valence-corrected chi connectivity index (χ3v) is 2.32. The average molecular weight is 146 g/mol. The number of aliphatic hydroxyl groups excluding tert-OH is 1. The number of aliphatic hydroxyl groups is 3. The van der Waals surface area contributed by atoms with Gasteiger partial charge in [-0.15, -0.1) is 0 Å². The monoisotopic (exact) mass is 146 g/mol. The van der Waals surface area contributed by atoms with Gasteiger partial charge >= 0.3 is 0 Å². The van der Waals surface area contributed by atoms with E-state index in [1.807, 2.05) is 0 Å². The molecular weight excluding hydrogens is 132 g/mol. The highest BCUT2D eigenvalue weighted by Crippen LogP contribution is 2.45. The van der Waals surface area contributed by atoms with Crippen molar-refractivity contribution in [3.05, 3.63) is 0 Å². The van der Waals surface area contributed by atoms with Crippen LogP contribution >= 0.6 is 0 Å². The van der Waals surface area contributed by atoms with Gasteiger partial charge in [-0.05, 0) is 19.8 Å². The molecule has 0 aromatic rings. The van der Waals surface area contributed by atoms with Gasteiger partial charge in [-0.3, -0.25) is 0 Å². The lowest BCUT2D eigenvalue weighted by molar-refractivity contribution is -0.0910. The molecule has 0 heterocycles. The van der Waals surface area contributed by atoms with Gasteiger partial charge in [0, 0.05) is 13.0 Å². The standard InChI is InChI=1S/C7H14O3/c1-6(9,4-5-8)7(10)2-3-7/h8-10H,2-5H2,1H3/t6-/m0/s1. The van der Waals surface area contributed by atoms with Crippen molar-refractivity contribution in [3.63, 3.8) is 0 Å². The van der Waals surface area contributed by atoms with Crippen molar-refractivity contribution in [1.82, 2.24) is 0 Å². The Morgan fingerprint density at radius 3 is 2.30 bits per heavy atom. The van der Waals surface area contributed by atoms with Crippen molar-refractivity contribution in [2.24, 2.45) is 0 Å². The summed E-state index contributed by atoms with van der Waals surface area (Å²) in [4.78, 5) is 0. The lowest BCUT2D eigenvalue weighted by atomic mass is 9.93. The van der Waals surface area contributed by atoms with Crippen molar-refractivity contribution in [3.8, 4) is 0 Å². The molecule has 3 N–H and O–H groups in total. The van der Waals surface area contributed by atoms with Gasteiger partial charge in [-0.1, -0.05) is 0 Å². The molecule has 0 aromatic carbocycles. The Balaban J connectivity index is 2.50. The van der Waals surface area contributed by atoms with Crippen LogP contribution in [0.15, 0.2) is 0 Å². The van der Waals surface area contributed by atoms with Crippen LogP contribution in [0.5, 0.6) is 0 Å². The van der Waals surface area contributed by atoms with E-state index in [2.05, 4.69) is 0 Å². The molecule has 60 valence electrons. The molecule has 0 unspecified atom stereocenters. The van der Waals surface area contributed by atoms with Crippen molar-refractivity contribution in [2.45, 2.75) is 37.4 Å². The fourth-order valence-corrected chi connectivity index (χ4v) is 1.11. The topological polar surface area (TPSA) is 60.7 Å². The molecule has 0 radical (unpaired) electrons. The Kier molecular flexibility index (Phi) is 1.75. The van der Waals surface area contributed by atoms with E-state index in [0.717, 1.165) is 0 Å². The summed E-state index contributed by atoms with van der Waals surface area (Å²) in [5.41, 5.74) is -2.00. The second-order valence-corrected chi connectivity index (χ2v) is 3.28. The Morgan fingerprint density at radius 2 is 2.00 bits per heavy atom. The van der Waals surface area contributed by atoms with E-state index in [-0.39, 0.29) is 13.0 Å². The van der Waals surface area contributed by atoms with Crippen molar-refractivity contribution in [2.75, 3.05) is 6.61 Å². The van der Waals surface area contributed by atoms with E-state index < -0.39 is 11.2 Å². The molecule has 1 saturated carbocycles. The third kappa shape index (κ3) is 1.17. The van der Waals surface area contributed by atoms with Crippen LogP contribution in [-0.2, 0) is 0 Å². The summed E-state index contributed by atoms with van der Waals surface area (Å²) in [6, 6.07) is 0. The molecule has 1 rings (SSSR count). The van der Waals surface area contributed by atoms with E-state index in [1.165, 1.54) is 0 Å². The normalized spacial score (nSPS) is 27.6. The molecule has 0 spiro atoms. The molecule has 1 aliphatic rings. The largest absolute Gasteiger partial charge is 0.396 e. The lowest BCUT2D eigenvalue weighted by Gasteiger charge is -2.28. The molecule has 10 heavy (non-hydrogen) atoms. The predicted molar refractivity (Wildman–Crippen MR) is 36.5 cm³/mol. The highest BCUT2D eigenvalue weighted by molar-refractivity contribution is 5.07. The van der Waals surface area contributed by atoms with Crippen LogP contribution in [-0.4, -0.2) is 33.1 Å². The quantitative estimate of drug-likeness (QED) is 0.510. The van der Waals surface area contributed by atoms with Crippen LogP contribution in [0.4, 0.5) is 0 Å². The first-order valence-electron chi connectivity index (χ1n) is 3.57. The first-order chi connectivity index (χ1) is 4.52. The van der Waals surface area contributed by atoms with E-state index in [9.17, 15) is 10.2 Å². The highest BCUT2D eigenvalue weighted by atomic mass is 16.4. The molecule has 0 saturated heterocycles. The number of hydrogen-bond donors (Lipinski definition) is 3. The number of hydrogen-bond acceptors (Lipinski definition) is 3. The molecular formula is C7H14O3. The molecule has 1 atom stereocenters. The first-order valence-corrected chi connectivity index (χ1v) is 3.57. The second kappa shape index (κ2) is 2.19. The summed E-state index contributed by atoms with van der Waals surface area (Å²) < 4.78 is 0.